The van der Waals surface area contributed by atoms with Crippen LogP contribution in [-0.4, -0.2) is 73.9 Å². The first-order valence-electron chi connectivity index (χ1n) is 8.74. The summed E-state index contributed by atoms with van der Waals surface area (Å²) < 4.78 is 10.5. The van der Waals surface area contributed by atoms with Crippen LogP contribution < -0.4 is 5.73 Å². The maximum absolute atomic E-state index is 12.2. The van der Waals surface area contributed by atoms with Crippen molar-refractivity contribution in [3.05, 3.63) is 0 Å². The van der Waals surface area contributed by atoms with Crippen LogP contribution in [-0.2, 0) is 9.47 Å². The molecule has 25 heavy (non-hydrogen) atoms. The maximum Gasteiger partial charge on any atom is 0.410 e. The van der Waals surface area contributed by atoms with Crippen LogP contribution in [0.3, 0.4) is 0 Å². The summed E-state index contributed by atoms with van der Waals surface area (Å²) in [7, 11) is 1.61. The van der Waals surface area contributed by atoms with Crippen LogP contribution in [0.1, 0.15) is 40.5 Å². The fraction of sp³-hybridized carbons (Fsp3) is 0.882. The predicted octanol–water partition coefficient (Wildman–Crippen LogP) is 2.53. The molecule has 8 heteroatoms. The number of hydrogen-bond acceptors (Lipinski definition) is 4. The zero-order valence-corrected chi connectivity index (χ0v) is 18.6. The number of nitrogens with two attached hydrogens (primary N) is 1. The summed E-state index contributed by atoms with van der Waals surface area (Å²) in [6.07, 6.45) is 1.95. The standard InChI is InChI=1S/C17H34N4O3.HI/c1-14-6-9-20(10-7-14)15(18)19-8-11-21(12-13-23-5)16(22)24-17(2,3)4;/h14H,6-13H2,1-5H3,(H2,18,19);1H. The van der Waals surface area contributed by atoms with E-state index in [0.717, 1.165) is 31.8 Å². The van der Waals surface area contributed by atoms with Gasteiger partial charge in [0.15, 0.2) is 5.96 Å². The predicted molar refractivity (Wildman–Crippen MR) is 112 cm³/mol. The Hall–Kier alpha value is -0.770. The second-order valence-corrected chi connectivity index (χ2v) is 7.37. The van der Waals surface area contributed by atoms with E-state index in [2.05, 4.69) is 16.8 Å². The Morgan fingerprint density at radius 3 is 2.40 bits per heavy atom. The molecule has 0 aromatic rings. The summed E-state index contributed by atoms with van der Waals surface area (Å²) >= 11 is 0. The molecule has 1 aliphatic heterocycles. The number of carbonyl (C=O) groups is 1. The molecule has 1 amide bonds. The molecule has 1 saturated heterocycles. The van der Waals surface area contributed by atoms with Crippen molar-refractivity contribution in [2.45, 2.75) is 46.1 Å². The highest BCUT2D eigenvalue weighted by atomic mass is 127. The molecular weight excluding hydrogens is 435 g/mol. The summed E-state index contributed by atoms with van der Waals surface area (Å²) in [4.78, 5) is 20.4. The SMILES string of the molecule is COCCN(CCN=C(N)N1CCC(C)CC1)C(=O)OC(C)(C)C.I. The second kappa shape index (κ2) is 11.8. The molecule has 0 aromatic heterocycles. The molecule has 0 spiro atoms. The van der Waals surface area contributed by atoms with Crippen LogP contribution in [0.25, 0.3) is 0 Å². The summed E-state index contributed by atoms with van der Waals surface area (Å²) in [6.45, 7) is 11.6. The number of methoxy groups -OCH3 is 1. The molecule has 0 bridgehead atoms. The van der Waals surface area contributed by atoms with Gasteiger partial charge in [-0.05, 0) is 39.5 Å². The highest BCUT2D eigenvalue weighted by Crippen LogP contribution is 2.15. The number of nitrogens with zero attached hydrogens (tertiary/aromatic N) is 3. The zero-order valence-electron chi connectivity index (χ0n) is 16.3. The van der Waals surface area contributed by atoms with Gasteiger partial charge in [0, 0.05) is 33.3 Å². The number of amides is 1. The normalized spacial score (nSPS) is 16.4. The Balaban J connectivity index is 0.00000576. The van der Waals surface area contributed by atoms with Gasteiger partial charge >= 0.3 is 6.09 Å². The maximum atomic E-state index is 12.2. The number of carbonyl (C=O) groups excluding carboxylic acids is 1. The van der Waals surface area contributed by atoms with Crippen molar-refractivity contribution in [2.75, 3.05) is 46.4 Å². The van der Waals surface area contributed by atoms with Gasteiger partial charge in [0.05, 0.1) is 13.2 Å². The molecule has 0 saturated carbocycles. The average Bonchev–Trinajstić information content (AvgIpc) is 2.49. The molecule has 1 heterocycles. The molecule has 0 radical (unpaired) electrons. The van der Waals surface area contributed by atoms with Crippen LogP contribution in [0.2, 0.25) is 0 Å². The largest absolute Gasteiger partial charge is 0.444 e. The van der Waals surface area contributed by atoms with Gasteiger partial charge in [0.1, 0.15) is 5.60 Å². The number of piperidine rings is 1. The van der Waals surface area contributed by atoms with Crippen LogP contribution in [0.15, 0.2) is 4.99 Å². The number of hydrogen-bond donors (Lipinski definition) is 1. The van der Waals surface area contributed by atoms with Gasteiger partial charge in [-0.1, -0.05) is 6.92 Å². The monoisotopic (exact) mass is 470 g/mol. The number of ether oxygens (including phenoxy) is 2. The number of halogens is 1. The van der Waals surface area contributed by atoms with Gasteiger partial charge in [-0.25, -0.2) is 4.79 Å². The van der Waals surface area contributed by atoms with E-state index in [1.54, 1.807) is 12.0 Å². The van der Waals surface area contributed by atoms with E-state index >= 15 is 0 Å². The fourth-order valence-corrected chi connectivity index (χ4v) is 2.45. The molecule has 148 valence electrons. The van der Waals surface area contributed by atoms with E-state index in [-0.39, 0.29) is 30.1 Å². The van der Waals surface area contributed by atoms with Crippen molar-refractivity contribution >= 4 is 36.0 Å². The van der Waals surface area contributed by atoms with Crippen molar-refractivity contribution in [3.63, 3.8) is 0 Å². The summed E-state index contributed by atoms with van der Waals surface area (Å²) in [5.74, 6) is 1.32. The van der Waals surface area contributed by atoms with Crippen molar-refractivity contribution in [3.8, 4) is 0 Å². The van der Waals surface area contributed by atoms with E-state index in [1.807, 2.05) is 20.8 Å². The molecule has 0 atom stereocenters. The van der Waals surface area contributed by atoms with Crippen molar-refractivity contribution in [1.29, 1.82) is 0 Å². The van der Waals surface area contributed by atoms with E-state index in [1.165, 1.54) is 0 Å². The fourth-order valence-electron chi connectivity index (χ4n) is 2.45. The van der Waals surface area contributed by atoms with Crippen LogP contribution in [0.5, 0.6) is 0 Å². The Morgan fingerprint density at radius 1 is 1.28 bits per heavy atom. The number of aliphatic imine (C=N–C) groups is 1. The van der Waals surface area contributed by atoms with Gasteiger partial charge in [-0.15, -0.1) is 24.0 Å². The third-order valence-corrected chi connectivity index (χ3v) is 3.97. The van der Waals surface area contributed by atoms with Gasteiger partial charge in [0.2, 0.25) is 0 Å². The number of rotatable bonds is 6. The summed E-state index contributed by atoms with van der Waals surface area (Å²) in [5, 5.41) is 0. The Bertz CT molecular complexity index is 419. The lowest BCUT2D eigenvalue weighted by Crippen LogP contribution is -2.43. The Kier molecular flexibility index (Phi) is 11.4. The second-order valence-electron chi connectivity index (χ2n) is 7.37. The Morgan fingerprint density at radius 2 is 1.88 bits per heavy atom. The highest BCUT2D eigenvalue weighted by Gasteiger charge is 2.22. The highest BCUT2D eigenvalue weighted by molar-refractivity contribution is 14.0. The first-order valence-corrected chi connectivity index (χ1v) is 8.74. The topological polar surface area (TPSA) is 80.4 Å². The number of guanidine groups is 1. The molecule has 0 aromatic carbocycles. The van der Waals surface area contributed by atoms with E-state index in [9.17, 15) is 4.79 Å². The lowest BCUT2D eigenvalue weighted by Gasteiger charge is -2.31. The molecule has 1 aliphatic rings. The number of likely N-dealkylation sites (tertiary alicyclic amines) is 1. The minimum absolute atomic E-state index is 0. The van der Waals surface area contributed by atoms with Crippen molar-refractivity contribution in [1.82, 2.24) is 9.80 Å². The third kappa shape index (κ3) is 10.1. The third-order valence-electron chi connectivity index (χ3n) is 3.97. The molecular formula is C17H35IN4O3. The summed E-state index contributed by atoms with van der Waals surface area (Å²) in [5.41, 5.74) is 5.56. The van der Waals surface area contributed by atoms with Crippen LogP contribution >= 0.6 is 24.0 Å². The van der Waals surface area contributed by atoms with E-state index < -0.39 is 5.60 Å². The molecule has 2 N–H and O–H groups in total. The van der Waals surface area contributed by atoms with E-state index in [0.29, 0.717) is 32.2 Å². The molecule has 0 unspecified atom stereocenters. The smallest absolute Gasteiger partial charge is 0.410 e. The zero-order chi connectivity index (χ0) is 18.2. The van der Waals surface area contributed by atoms with Gasteiger partial charge in [-0.3, -0.25) is 4.99 Å². The van der Waals surface area contributed by atoms with Crippen molar-refractivity contribution in [2.24, 2.45) is 16.6 Å². The first kappa shape index (κ1) is 24.2. The minimum Gasteiger partial charge on any atom is -0.444 e. The van der Waals surface area contributed by atoms with E-state index in [4.69, 9.17) is 15.2 Å². The Labute approximate surface area is 169 Å². The molecule has 0 aliphatic carbocycles. The summed E-state index contributed by atoms with van der Waals surface area (Å²) in [6, 6.07) is 0. The molecule has 1 rings (SSSR count). The lowest BCUT2D eigenvalue weighted by molar-refractivity contribution is 0.0208. The van der Waals surface area contributed by atoms with Crippen LogP contribution in [0.4, 0.5) is 4.79 Å². The minimum atomic E-state index is -0.519. The molecule has 1 fully saturated rings. The lowest BCUT2D eigenvalue weighted by atomic mass is 10.00. The average molecular weight is 470 g/mol. The van der Waals surface area contributed by atoms with Crippen molar-refractivity contribution < 1.29 is 14.3 Å². The van der Waals surface area contributed by atoms with Gasteiger partial charge < -0.3 is 25.0 Å². The quantitative estimate of drug-likeness (QED) is 0.367. The van der Waals surface area contributed by atoms with Gasteiger partial charge in [0.25, 0.3) is 0 Å². The van der Waals surface area contributed by atoms with Gasteiger partial charge in [-0.2, -0.15) is 0 Å². The first-order chi connectivity index (χ1) is 11.2. The molecule has 7 nitrogen and oxygen atoms in total. The van der Waals surface area contributed by atoms with Crippen LogP contribution in [0, 0.1) is 5.92 Å².